The van der Waals surface area contributed by atoms with Gasteiger partial charge in [-0.2, -0.15) is 15.3 Å². The van der Waals surface area contributed by atoms with Gasteiger partial charge in [0.15, 0.2) is 5.82 Å². The van der Waals surface area contributed by atoms with Gasteiger partial charge in [-0.25, -0.2) is 9.97 Å². The number of aryl methyl sites for hydroxylation is 1. The molecule has 10 heteroatoms. The van der Waals surface area contributed by atoms with Crippen LogP contribution in [-0.4, -0.2) is 51.0 Å². The van der Waals surface area contributed by atoms with Crippen LogP contribution in [0.5, 0.6) is 5.88 Å². The average Bonchev–Trinajstić information content (AvgIpc) is 3.01. The molecule has 10 nitrogen and oxygen atoms in total. The second-order valence-electron chi connectivity index (χ2n) is 6.73. The molecule has 28 heavy (non-hydrogen) atoms. The Morgan fingerprint density at radius 1 is 1.36 bits per heavy atom. The molecule has 0 saturated carbocycles. The lowest BCUT2D eigenvalue weighted by Gasteiger charge is -2.34. The molecular formula is C18H21N9O. The van der Waals surface area contributed by atoms with Crippen LogP contribution in [0.15, 0.2) is 18.5 Å². The highest BCUT2D eigenvalue weighted by molar-refractivity contribution is 5.89. The number of anilines is 3. The van der Waals surface area contributed by atoms with Crippen LogP contribution in [0.1, 0.15) is 18.4 Å². The number of hydrogen-bond donors (Lipinski definition) is 2. The summed E-state index contributed by atoms with van der Waals surface area (Å²) >= 11 is 0. The van der Waals surface area contributed by atoms with Crippen molar-refractivity contribution >= 4 is 28.5 Å². The van der Waals surface area contributed by atoms with E-state index in [1.165, 1.54) is 13.3 Å². The molecule has 3 aromatic rings. The molecule has 4 rings (SSSR count). The fourth-order valence-corrected chi connectivity index (χ4v) is 3.50. The molecule has 0 aromatic carbocycles. The number of rotatable bonds is 4. The number of nitriles is 1. The molecule has 0 unspecified atom stereocenters. The molecule has 144 valence electrons. The van der Waals surface area contributed by atoms with Gasteiger partial charge >= 0.3 is 0 Å². The molecule has 1 aliphatic rings. The van der Waals surface area contributed by atoms with Gasteiger partial charge in [-0.15, -0.1) is 0 Å². The summed E-state index contributed by atoms with van der Waals surface area (Å²) in [5, 5.41) is 17.5. The van der Waals surface area contributed by atoms with E-state index in [0.29, 0.717) is 17.3 Å². The predicted molar refractivity (Wildman–Crippen MR) is 105 cm³/mol. The highest BCUT2D eigenvalue weighted by atomic mass is 16.5. The number of piperidine rings is 1. The summed E-state index contributed by atoms with van der Waals surface area (Å²) in [6, 6.07) is 4.19. The Balaban J connectivity index is 1.52. The molecule has 3 N–H and O–H groups in total. The Morgan fingerprint density at radius 3 is 3.00 bits per heavy atom. The van der Waals surface area contributed by atoms with Crippen LogP contribution in [0.25, 0.3) is 10.9 Å². The number of nitrogen functional groups attached to an aromatic ring is 1. The second kappa shape index (κ2) is 7.19. The zero-order valence-electron chi connectivity index (χ0n) is 15.8. The average molecular weight is 379 g/mol. The van der Waals surface area contributed by atoms with Crippen molar-refractivity contribution in [2.24, 2.45) is 7.05 Å². The third-order valence-electron chi connectivity index (χ3n) is 4.90. The first-order chi connectivity index (χ1) is 13.6. The van der Waals surface area contributed by atoms with E-state index < -0.39 is 0 Å². The maximum Gasteiger partial charge on any atom is 0.236 e. The Labute approximate surface area is 162 Å². The smallest absolute Gasteiger partial charge is 0.236 e. The van der Waals surface area contributed by atoms with E-state index in [2.05, 4.69) is 30.3 Å². The Hall–Kier alpha value is -3.61. The molecule has 1 aliphatic heterocycles. The molecular weight excluding hydrogens is 358 g/mol. The van der Waals surface area contributed by atoms with E-state index in [9.17, 15) is 0 Å². The van der Waals surface area contributed by atoms with Crippen molar-refractivity contribution in [3.8, 4) is 11.9 Å². The zero-order valence-corrected chi connectivity index (χ0v) is 15.8. The number of pyridine rings is 1. The SMILES string of the molecule is COc1nc(N[C@@H]2CCCN(c3cc4c(cn3)c(N)nn4C)C2)ncc1C#N. The normalized spacial score (nSPS) is 16.8. The van der Waals surface area contributed by atoms with Crippen LogP contribution in [-0.2, 0) is 7.05 Å². The van der Waals surface area contributed by atoms with Crippen LogP contribution in [0.2, 0.25) is 0 Å². The number of fused-ring (bicyclic) bond motifs is 1. The number of nitrogens with one attached hydrogen (secondary N) is 1. The van der Waals surface area contributed by atoms with E-state index in [1.54, 1.807) is 10.9 Å². The van der Waals surface area contributed by atoms with Crippen molar-refractivity contribution in [3.05, 3.63) is 24.0 Å². The van der Waals surface area contributed by atoms with Crippen molar-refractivity contribution in [1.82, 2.24) is 24.7 Å². The molecule has 1 saturated heterocycles. The van der Waals surface area contributed by atoms with E-state index >= 15 is 0 Å². The molecule has 0 spiro atoms. The number of ether oxygens (including phenoxy) is 1. The largest absolute Gasteiger partial charge is 0.480 e. The van der Waals surface area contributed by atoms with Gasteiger partial charge in [0.2, 0.25) is 11.8 Å². The second-order valence-corrected chi connectivity index (χ2v) is 6.73. The molecule has 1 fully saturated rings. The summed E-state index contributed by atoms with van der Waals surface area (Å²) in [5.74, 6) is 2.10. The highest BCUT2D eigenvalue weighted by Crippen LogP contribution is 2.26. The fourth-order valence-electron chi connectivity index (χ4n) is 3.50. The monoisotopic (exact) mass is 379 g/mol. The van der Waals surface area contributed by atoms with Gasteiger partial charge < -0.3 is 20.7 Å². The molecule has 4 heterocycles. The maximum atomic E-state index is 9.06. The van der Waals surface area contributed by atoms with Crippen LogP contribution in [0.4, 0.5) is 17.6 Å². The lowest BCUT2D eigenvalue weighted by Crippen LogP contribution is -2.42. The van der Waals surface area contributed by atoms with E-state index in [0.717, 1.165) is 42.7 Å². The summed E-state index contributed by atoms with van der Waals surface area (Å²) in [5.41, 5.74) is 7.19. The van der Waals surface area contributed by atoms with Crippen molar-refractivity contribution < 1.29 is 4.74 Å². The van der Waals surface area contributed by atoms with Gasteiger partial charge in [-0.1, -0.05) is 0 Å². The number of aromatic nitrogens is 5. The zero-order chi connectivity index (χ0) is 19.7. The first-order valence-corrected chi connectivity index (χ1v) is 9.00. The summed E-state index contributed by atoms with van der Waals surface area (Å²) in [7, 11) is 3.36. The lowest BCUT2D eigenvalue weighted by molar-refractivity contribution is 0.395. The molecule has 0 bridgehead atoms. The third kappa shape index (κ3) is 3.22. The van der Waals surface area contributed by atoms with E-state index in [1.807, 2.05) is 19.2 Å². The number of methoxy groups -OCH3 is 1. The van der Waals surface area contributed by atoms with Gasteiger partial charge in [-0.3, -0.25) is 4.68 Å². The van der Waals surface area contributed by atoms with Gasteiger partial charge in [0, 0.05) is 38.4 Å². The van der Waals surface area contributed by atoms with Crippen molar-refractivity contribution in [1.29, 1.82) is 5.26 Å². The standard InChI is InChI=1S/C18H21N9O/c1-26-14-6-15(21-9-13(14)16(20)25-26)27-5-3-4-12(10-27)23-18-22-8-11(7-19)17(24-18)28-2/h6,8-9,12H,3-5,10H2,1-2H3,(H2,20,25)(H,22,23,24)/t12-/m1/s1. The molecule has 0 aliphatic carbocycles. The fraction of sp³-hybridized carbons (Fsp3) is 0.389. The maximum absolute atomic E-state index is 9.06. The quantitative estimate of drug-likeness (QED) is 0.688. The highest BCUT2D eigenvalue weighted by Gasteiger charge is 2.23. The predicted octanol–water partition coefficient (Wildman–Crippen LogP) is 1.30. The first-order valence-electron chi connectivity index (χ1n) is 9.00. The molecule has 0 amide bonds. The Morgan fingerprint density at radius 2 is 2.21 bits per heavy atom. The van der Waals surface area contributed by atoms with Gasteiger partial charge in [0.25, 0.3) is 0 Å². The topological polar surface area (TPSA) is 131 Å². The summed E-state index contributed by atoms with van der Waals surface area (Å²) in [6.45, 7) is 1.68. The molecule has 0 radical (unpaired) electrons. The van der Waals surface area contributed by atoms with E-state index in [4.69, 9.17) is 15.7 Å². The number of hydrogen-bond acceptors (Lipinski definition) is 9. The minimum atomic E-state index is 0.153. The molecule has 3 aromatic heterocycles. The van der Waals surface area contributed by atoms with Crippen LogP contribution >= 0.6 is 0 Å². The van der Waals surface area contributed by atoms with Crippen LogP contribution in [0.3, 0.4) is 0 Å². The first kappa shape index (κ1) is 17.8. The summed E-state index contributed by atoms with van der Waals surface area (Å²) < 4.78 is 6.93. The van der Waals surface area contributed by atoms with Gasteiger partial charge in [0.1, 0.15) is 17.5 Å². The van der Waals surface area contributed by atoms with Crippen molar-refractivity contribution in [2.75, 3.05) is 36.1 Å². The van der Waals surface area contributed by atoms with Gasteiger partial charge in [0.05, 0.1) is 24.2 Å². The summed E-state index contributed by atoms with van der Waals surface area (Å²) in [6.07, 6.45) is 5.25. The number of nitrogens with zero attached hydrogens (tertiary/aromatic N) is 7. The number of nitrogens with two attached hydrogens (primary N) is 1. The Bertz CT molecular complexity index is 1060. The summed E-state index contributed by atoms with van der Waals surface area (Å²) in [4.78, 5) is 15.3. The Kier molecular flexibility index (Phi) is 4.57. The third-order valence-corrected chi connectivity index (χ3v) is 4.90. The van der Waals surface area contributed by atoms with Crippen molar-refractivity contribution in [3.63, 3.8) is 0 Å². The molecule has 1 atom stereocenters. The lowest BCUT2D eigenvalue weighted by atomic mass is 10.1. The van der Waals surface area contributed by atoms with Gasteiger partial charge in [-0.05, 0) is 12.8 Å². The van der Waals surface area contributed by atoms with Crippen LogP contribution in [0, 0.1) is 11.3 Å². The minimum absolute atomic E-state index is 0.153. The van der Waals surface area contributed by atoms with Crippen LogP contribution < -0.4 is 20.7 Å². The van der Waals surface area contributed by atoms with E-state index in [-0.39, 0.29) is 11.9 Å². The minimum Gasteiger partial charge on any atom is -0.480 e. The van der Waals surface area contributed by atoms with Crippen molar-refractivity contribution in [2.45, 2.75) is 18.9 Å².